The summed E-state index contributed by atoms with van der Waals surface area (Å²) in [5, 5.41) is 10.8. The molecule has 84 valence electrons. The lowest BCUT2D eigenvalue weighted by atomic mass is 10.4. The first kappa shape index (κ1) is 11.8. The molecule has 0 aliphatic rings. The number of thiazole rings is 1. The van der Waals surface area contributed by atoms with Gasteiger partial charge in [-0.2, -0.15) is 13.2 Å². The fraction of sp³-hybridized carbons (Fsp3) is 0.429. The van der Waals surface area contributed by atoms with Gasteiger partial charge in [-0.25, -0.2) is 4.98 Å². The number of hydrogen-bond acceptors (Lipinski definition) is 4. The maximum atomic E-state index is 12.1. The van der Waals surface area contributed by atoms with E-state index < -0.39 is 23.1 Å². The molecule has 0 saturated carbocycles. The van der Waals surface area contributed by atoms with Gasteiger partial charge in [-0.3, -0.25) is 4.79 Å². The van der Waals surface area contributed by atoms with E-state index >= 15 is 0 Å². The van der Waals surface area contributed by atoms with Crippen LogP contribution in [0.5, 0.6) is 0 Å². The minimum Gasteiger partial charge on any atom is -0.480 e. The van der Waals surface area contributed by atoms with Crippen LogP contribution < -0.4 is 5.32 Å². The third kappa shape index (κ3) is 3.08. The van der Waals surface area contributed by atoms with Crippen molar-refractivity contribution in [3.63, 3.8) is 0 Å². The van der Waals surface area contributed by atoms with Crippen LogP contribution in [-0.4, -0.2) is 22.1 Å². The average molecular weight is 240 g/mol. The standard InChI is InChI=1S/C7H7F3N2O2S/c1-3(5(13)14)12-6-11-2-4(15-6)7(8,9)10/h2-3H,1H3,(H,11,12)(H,13,14)/t3-/m1/s1. The number of rotatable bonds is 3. The maximum Gasteiger partial charge on any atom is 0.427 e. The van der Waals surface area contributed by atoms with E-state index in [4.69, 9.17) is 5.11 Å². The van der Waals surface area contributed by atoms with Crippen molar-refractivity contribution in [3.8, 4) is 0 Å². The Hall–Kier alpha value is -1.31. The Morgan fingerprint density at radius 1 is 1.67 bits per heavy atom. The van der Waals surface area contributed by atoms with Gasteiger partial charge in [-0.05, 0) is 6.92 Å². The fourth-order valence-corrected chi connectivity index (χ4v) is 1.49. The Kier molecular flexibility index (Phi) is 3.18. The molecule has 0 saturated heterocycles. The summed E-state index contributed by atoms with van der Waals surface area (Å²) in [6.07, 6.45) is -3.77. The molecule has 2 N–H and O–H groups in total. The summed E-state index contributed by atoms with van der Waals surface area (Å²) in [4.78, 5) is 13.0. The van der Waals surface area contributed by atoms with Crippen LogP contribution in [0.4, 0.5) is 18.3 Å². The number of carboxylic acid groups (broad SMARTS) is 1. The van der Waals surface area contributed by atoms with Gasteiger partial charge < -0.3 is 10.4 Å². The zero-order chi connectivity index (χ0) is 11.6. The third-order valence-corrected chi connectivity index (χ3v) is 2.47. The van der Waals surface area contributed by atoms with Gasteiger partial charge in [0.2, 0.25) is 0 Å². The Morgan fingerprint density at radius 3 is 2.67 bits per heavy atom. The van der Waals surface area contributed by atoms with E-state index in [1.54, 1.807) is 0 Å². The van der Waals surface area contributed by atoms with Gasteiger partial charge in [0, 0.05) is 0 Å². The summed E-state index contributed by atoms with van der Waals surface area (Å²) in [7, 11) is 0. The van der Waals surface area contributed by atoms with E-state index in [0.717, 1.165) is 0 Å². The molecule has 0 aliphatic carbocycles. The third-order valence-electron chi connectivity index (χ3n) is 1.50. The molecule has 0 amide bonds. The first-order valence-electron chi connectivity index (χ1n) is 3.83. The number of halogens is 3. The smallest absolute Gasteiger partial charge is 0.427 e. The number of hydrogen-bond donors (Lipinski definition) is 2. The van der Waals surface area contributed by atoms with Crippen molar-refractivity contribution in [2.45, 2.75) is 19.1 Å². The summed E-state index contributed by atoms with van der Waals surface area (Å²) in [6.45, 7) is 1.32. The molecular weight excluding hydrogens is 233 g/mol. The number of anilines is 1. The predicted molar refractivity (Wildman–Crippen MR) is 47.8 cm³/mol. The SMILES string of the molecule is C[C@@H](Nc1ncc(C(F)(F)F)s1)C(=O)O. The molecule has 4 nitrogen and oxygen atoms in total. The molecule has 1 aromatic rings. The first-order chi connectivity index (χ1) is 6.80. The average Bonchev–Trinajstić information content (AvgIpc) is 2.51. The molecule has 1 aromatic heterocycles. The summed E-state index contributed by atoms with van der Waals surface area (Å²) in [5.41, 5.74) is 0. The van der Waals surface area contributed by atoms with E-state index in [1.165, 1.54) is 6.92 Å². The van der Waals surface area contributed by atoms with Gasteiger partial charge in [-0.15, -0.1) is 0 Å². The second-order valence-corrected chi connectivity index (χ2v) is 3.76. The molecule has 0 aromatic carbocycles. The van der Waals surface area contributed by atoms with E-state index in [9.17, 15) is 18.0 Å². The van der Waals surface area contributed by atoms with Crippen molar-refractivity contribution in [2.24, 2.45) is 0 Å². The summed E-state index contributed by atoms with van der Waals surface area (Å²) >= 11 is 0.375. The minimum absolute atomic E-state index is 0.0581. The van der Waals surface area contributed by atoms with E-state index in [-0.39, 0.29) is 5.13 Å². The lowest BCUT2D eigenvalue weighted by Gasteiger charge is -2.06. The zero-order valence-corrected chi connectivity index (χ0v) is 8.32. The molecular formula is C7H7F3N2O2S. The highest BCUT2D eigenvalue weighted by atomic mass is 32.1. The van der Waals surface area contributed by atoms with Crippen molar-refractivity contribution >= 4 is 22.4 Å². The largest absolute Gasteiger partial charge is 0.480 e. The number of nitrogens with one attached hydrogen (secondary N) is 1. The highest BCUT2D eigenvalue weighted by Crippen LogP contribution is 2.35. The number of alkyl halides is 3. The normalized spacial score (nSPS) is 13.6. The van der Waals surface area contributed by atoms with Crippen LogP contribution in [0.25, 0.3) is 0 Å². The number of aromatic nitrogens is 1. The Balaban J connectivity index is 2.73. The Morgan fingerprint density at radius 2 is 2.27 bits per heavy atom. The number of nitrogens with zero attached hydrogens (tertiary/aromatic N) is 1. The topological polar surface area (TPSA) is 62.2 Å². The summed E-state index contributed by atoms with van der Waals surface area (Å²) < 4.78 is 36.4. The molecule has 0 fully saturated rings. The van der Waals surface area contributed by atoms with Crippen LogP contribution in [-0.2, 0) is 11.0 Å². The van der Waals surface area contributed by atoms with Crippen molar-refractivity contribution < 1.29 is 23.1 Å². The fourth-order valence-electron chi connectivity index (χ4n) is 0.719. The number of carbonyl (C=O) groups is 1. The van der Waals surface area contributed by atoms with E-state index in [2.05, 4.69) is 10.3 Å². The van der Waals surface area contributed by atoms with Gasteiger partial charge in [0.25, 0.3) is 0 Å². The Labute approximate surface area is 86.8 Å². The minimum atomic E-state index is -4.44. The second-order valence-electron chi connectivity index (χ2n) is 2.73. The van der Waals surface area contributed by atoms with Crippen molar-refractivity contribution in [3.05, 3.63) is 11.1 Å². The molecule has 0 bridgehead atoms. The van der Waals surface area contributed by atoms with Crippen LogP contribution in [0.1, 0.15) is 11.8 Å². The lowest BCUT2D eigenvalue weighted by Crippen LogP contribution is -2.25. The van der Waals surface area contributed by atoms with Gasteiger partial charge >= 0.3 is 12.1 Å². The van der Waals surface area contributed by atoms with E-state index in [1.807, 2.05) is 0 Å². The highest BCUT2D eigenvalue weighted by Gasteiger charge is 2.33. The molecule has 1 heterocycles. The van der Waals surface area contributed by atoms with Gasteiger partial charge in [0.1, 0.15) is 10.9 Å². The van der Waals surface area contributed by atoms with Crippen LogP contribution in [0.3, 0.4) is 0 Å². The van der Waals surface area contributed by atoms with Crippen molar-refractivity contribution in [1.82, 2.24) is 4.98 Å². The molecule has 0 spiro atoms. The molecule has 0 radical (unpaired) electrons. The molecule has 1 rings (SSSR count). The van der Waals surface area contributed by atoms with Crippen LogP contribution in [0, 0.1) is 0 Å². The van der Waals surface area contributed by atoms with Gasteiger partial charge in [0.15, 0.2) is 5.13 Å². The molecule has 1 atom stereocenters. The quantitative estimate of drug-likeness (QED) is 0.848. The number of carboxylic acids is 1. The maximum absolute atomic E-state index is 12.1. The Bertz CT molecular complexity index is 363. The molecule has 15 heavy (non-hydrogen) atoms. The summed E-state index contributed by atoms with van der Waals surface area (Å²) in [6, 6.07) is -0.975. The predicted octanol–water partition coefficient (Wildman–Crippen LogP) is 2.05. The van der Waals surface area contributed by atoms with Gasteiger partial charge in [-0.1, -0.05) is 11.3 Å². The van der Waals surface area contributed by atoms with Crippen LogP contribution in [0.2, 0.25) is 0 Å². The molecule has 0 unspecified atom stereocenters. The second kappa shape index (κ2) is 4.05. The first-order valence-corrected chi connectivity index (χ1v) is 4.64. The lowest BCUT2D eigenvalue weighted by molar-refractivity contribution is -0.137. The molecule has 0 aliphatic heterocycles. The number of aliphatic carboxylic acids is 1. The van der Waals surface area contributed by atoms with Crippen molar-refractivity contribution in [1.29, 1.82) is 0 Å². The van der Waals surface area contributed by atoms with Crippen molar-refractivity contribution in [2.75, 3.05) is 5.32 Å². The van der Waals surface area contributed by atoms with E-state index in [0.29, 0.717) is 17.5 Å². The highest BCUT2D eigenvalue weighted by molar-refractivity contribution is 7.15. The summed E-state index contributed by atoms with van der Waals surface area (Å²) in [5.74, 6) is -1.15. The monoisotopic (exact) mass is 240 g/mol. The molecule has 8 heteroatoms. The van der Waals surface area contributed by atoms with Crippen LogP contribution in [0.15, 0.2) is 6.20 Å². The van der Waals surface area contributed by atoms with Crippen LogP contribution >= 0.6 is 11.3 Å². The van der Waals surface area contributed by atoms with Gasteiger partial charge in [0.05, 0.1) is 6.20 Å². The zero-order valence-electron chi connectivity index (χ0n) is 7.50.